The minimum atomic E-state index is 0.108. The first-order valence-electron chi connectivity index (χ1n) is 7.04. The number of rotatable bonds is 9. The topological polar surface area (TPSA) is 32.3 Å². The first-order chi connectivity index (χ1) is 7.69. The van der Waals surface area contributed by atoms with Crippen LogP contribution in [0, 0.1) is 11.3 Å². The van der Waals surface area contributed by atoms with Crippen molar-refractivity contribution in [2.24, 2.45) is 11.3 Å². The van der Waals surface area contributed by atoms with E-state index in [1.165, 1.54) is 25.7 Å². The fraction of sp³-hybridized carbons (Fsp3) is 1.00. The third kappa shape index (κ3) is 4.06. The van der Waals surface area contributed by atoms with Crippen LogP contribution < -0.4 is 5.32 Å². The van der Waals surface area contributed by atoms with Gasteiger partial charge < -0.3 is 10.4 Å². The molecule has 1 aliphatic carbocycles. The summed E-state index contributed by atoms with van der Waals surface area (Å²) in [6.07, 6.45) is 7.55. The van der Waals surface area contributed by atoms with Gasteiger partial charge in [-0.2, -0.15) is 0 Å². The summed E-state index contributed by atoms with van der Waals surface area (Å²) in [5.41, 5.74) is 0.108. The summed E-state index contributed by atoms with van der Waals surface area (Å²) >= 11 is 0. The van der Waals surface area contributed by atoms with Gasteiger partial charge >= 0.3 is 0 Å². The number of aliphatic hydroxyl groups excluding tert-OH is 1. The molecule has 0 amide bonds. The molecule has 1 unspecified atom stereocenters. The smallest absolute Gasteiger partial charge is 0.0499 e. The first-order valence-corrected chi connectivity index (χ1v) is 7.04. The molecule has 0 aromatic heterocycles. The Morgan fingerprint density at radius 2 is 1.88 bits per heavy atom. The summed E-state index contributed by atoms with van der Waals surface area (Å²) in [4.78, 5) is 0. The molecule has 16 heavy (non-hydrogen) atoms. The van der Waals surface area contributed by atoms with E-state index in [1.807, 2.05) is 0 Å². The van der Waals surface area contributed by atoms with Gasteiger partial charge in [-0.3, -0.25) is 0 Å². The Hall–Kier alpha value is -0.0800. The largest absolute Gasteiger partial charge is 0.396 e. The maximum atomic E-state index is 9.52. The molecule has 0 aromatic carbocycles. The lowest BCUT2D eigenvalue weighted by Crippen LogP contribution is -2.41. The van der Waals surface area contributed by atoms with Crippen molar-refractivity contribution < 1.29 is 5.11 Å². The van der Waals surface area contributed by atoms with Crippen LogP contribution in [0.3, 0.4) is 0 Å². The van der Waals surface area contributed by atoms with Gasteiger partial charge in [-0.15, -0.1) is 0 Å². The highest BCUT2D eigenvalue weighted by Crippen LogP contribution is 2.34. The molecule has 0 spiro atoms. The van der Waals surface area contributed by atoms with Crippen LogP contribution in [0.15, 0.2) is 0 Å². The molecule has 1 rings (SSSR count). The Balaban J connectivity index is 2.32. The maximum absolute atomic E-state index is 9.52. The summed E-state index contributed by atoms with van der Waals surface area (Å²) < 4.78 is 0. The van der Waals surface area contributed by atoms with Crippen LogP contribution in [0.2, 0.25) is 0 Å². The Morgan fingerprint density at radius 1 is 1.25 bits per heavy atom. The van der Waals surface area contributed by atoms with E-state index in [4.69, 9.17) is 0 Å². The molecule has 96 valence electrons. The molecular weight excluding hydrogens is 198 g/mol. The van der Waals surface area contributed by atoms with Gasteiger partial charge in [0.25, 0.3) is 0 Å². The van der Waals surface area contributed by atoms with Crippen LogP contribution >= 0.6 is 0 Å². The van der Waals surface area contributed by atoms with Gasteiger partial charge in [-0.1, -0.05) is 33.6 Å². The second kappa shape index (κ2) is 6.61. The molecule has 0 bridgehead atoms. The maximum Gasteiger partial charge on any atom is 0.0499 e. The normalized spacial score (nSPS) is 18.8. The highest BCUT2D eigenvalue weighted by atomic mass is 16.3. The second-order valence-corrected chi connectivity index (χ2v) is 5.53. The van der Waals surface area contributed by atoms with Gasteiger partial charge in [0.1, 0.15) is 0 Å². The van der Waals surface area contributed by atoms with Gasteiger partial charge in [-0.25, -0.2) is 0 Å². The molecule has 1 aliphatic rings. The summed E-state index contributed by atoms with van der Waals surface area (Å²) in [5, 5.41) is 13.2. The van der Waals surface area contributed by atoms with Crippen LogP contribution in [0.5, 0.6) is 0 Å². The van der Waals surface area contributed by atoms with E-state index >= 15 is 0 Å². The highest BCUT2D eigenvalue weighted by molar-refractivity contribution is 4.83. The van der Waals surface area contributed by atoms with Gasteiger partial charge in [0.15, 0.2) is 0 Å². The molecule has 1 saturated carbocycles. The summed E-state index contributed by atoms with van der Waals surface area (Å²) in [5.74, 6) is 0.990. The molecule has 1 fully saturated rings. The third-order valence-electron chi connectivity index (χ3n) is 4.41. The molecule has 0 aromatic rings. The van der Waals surface area contributed by atoms with E-state index in [-0.39, 0.29) is 5.41 Å². The number of aliphatic hydroxyl groups is 1. The van der Waals surface area contributed by atoms with E-state index in [2.05, 4.69) is 26.1 Å². The van der Waals surface area contributed by atoms with Crippen LogP contribution in [0.4, 0.5) is 0 Å². The van der Waals surface area contributed by atoms with Crippen molar-refractivity contribution in [1.82, 2.24) is 5.32 Å². The molecule has 0 heterocycles. The van der Waals surface area contributed by atoms with Crippen LogP contribution in [0.1, 0.15) is 59.3 Å². The van der Waals surface area contributed by atoms with E-state index < -0.39 is 0 Å². The molecule has 2 nitrogen and oxygen atoms in total. The minimum absolute atomic E-state index is 0.108. The average molecular weight is 227 g/mol. The quantitative estimate of drug-likeness (QED) is 0.635. The molecule has 2 heteroatoms. The Labute approximate surface area is 101 Å². The van der Waals surface area contributed by atoms with E-state index in [9.17, 15) is 5.11 Å². The molecule has 1 atom stereocenters. The molecule has 2 N–H and O–H groups in total. The van der Waals surface area contributed by atoms with Crippen molar-refractivity contribution in [3.63, 3.8) is 0 Å². The van der Waals surface area contributed by atoms with Gasteiger partial charge in [0.05, 0.1) is 0 Å². The fourth-order valence-electron chi connectivity index (χ4n) is 2.29. The molecule has 0 aliphatic heterocycles. The average Bonchev–Trinajstić information content (AvgIpc) is 3.14. The summed E-state index contributed by atoms with van der Waals surface area (Å²) in [6.45, 7) is 7.92. The highest BCUT2D eigenvalue weighted by Gasteiger charge is 2.28. The van der Waals surface area contributed by atoms with Crippen molar-refractivity contribution in [3.05, 3.63) is 0 Å². The fourth-order valence-corrected chi connectivity index (χ4v) is 2.29. The number of hydrogen-bond donors (Lipinski definition) is 2. The lowest BCUT2D eigenvalue weighted by atomic mass is 9.83. The van der Waals surface area contributed by atoms with Crippen LogP contribution in [0.25, 0.3) is 0 Å². The second-order valence-electron chi connectivity index (χ2n) is 5.53. The van der Waals surface area contributed by atoms with Crippen molar-refractivity contribution in [3.8, 4) is 0 Å². The monoisotopic (exact) mass is 227 g/mol. The first kappa shape index (κ1) is 14.0. The SMILES string of the molecule is CCC(CC1CC1)NCC(CC)(CC)CO. The Morgan fingerprint density at radius 3 is 2.25 bits per heavy atom. The van der Waals surface area contributed by atoms with E-state index in [0.717, 1.165) is 25.3 Å². The lowest BCUT2D eigenvalue weighted by Gasteiger charge is -2.32. The molecular formula is C14H29NO. The zero-order chi connectivity index (χ0) is 12.0. The van der Waals surface area contributed by atoms with Gasteiger partial charge in [-0.05, 0) is 31.6 Å². The summed E-state index contributed by atoms with van der Waals surface area (Å²) in [7, 11) is 0. The van der Waals surface area contributed by atoms with Crippen molar-refractivity contribution >= 4 is 0 Å². The van der Waals surface area contributed by atoms with E-state index in [0.29, 0.717) is 12.6 Å². The van der Waals surface area contributed by atoms with Crippen molar-refractivity contribution in [2.75, 3.05) is 13.2 Å². The van der Waals surface area contributed by atoms with Crippen molar-refractivity contribution in [2.45, 2.75) is 65.3 Å². The predicted molar refractivity (Wildman–Crippen MR) is 69.5 cm³/mol. The lowest BCUT2D eigenvalue weighted by molar-refractivity contribution is 0.108. The third-order valence-corrected chi connectivity index (χ3v) is 4.41. The van der Waals surface area contributed by atoms with E-state index in [1.54, 1.807) is 0 Å². The predicted octanol–water partition coefficient (Wildman–Crippen LogP) is 2.95. The zero-order valence-electron chi connectivity index (χ0n) is 11.3. The van der Waals surface area contributed by atoms with Crippen LogP contribution in [-0.4, -0.2) is 24.3 Å². The van der Waals surface area contributed by atoms with Crippen molar-refractivity contribution in [1.29, 1.82) is 0 Å². The minimum Gasteiger partial charge on any atom is -0.396 e. The molecule has 0 saturated heterocycles. The molecule has 0 radical (unpaired) electrons. The Kier molecular flexibility index (Phi) is 5.77. The standard InChI is InChI=1S/C14H29NO/c1-4-13(9-12-7-8-12)15-10-14(5-2,6-3)11-16/h12-13,15-16H,4-11H2,1-3H3. The zero-order valence-corrected chi connectivity index (χ0v) is 11.3. The number of nitrogens with one attached hydrogen (secondary N) is 1. The Bertz CT molecular complexity index is 177. The summed E-state index contributed by atoms with van der Waals surface area (Å²) in [6, 6.07) is 0.663. The van der Waals surface area contributed by atoms with Gasteiger partial charge in [0, 0.05) is 24.6 Å². The van der Waals surface area contributed by atoms with Crippen LogP contribution in [-0.2, 0) is 0 Å². The van der Waals surface area contributed by atoms with Gasteiger partial charge in [0.2, 0.25) is 0 Å². The number of hydrogen-bond acceptors (Lipinski definition) is 2.